The summed E-state index contributed by atoms with van der Waals surface area (Å²) < 4.78 is 28.2. The summed E-state index contributed by atoms with van der Waals surface area (Å²) in [4.78, 5) is 1.79. The van der Waals surface area contributed by atoms with E-state index in [0.29, 0.717) is 24.9 Å². The van der Waals surface area contributed by atoms with E-state index in [1.807, 2.05) is 0 Å². The largest absolute Gasteiger partial charge is 0.389 e. The Balaban J connectivity index is 2.37. The molecule has 1 fully saturated rings. The molecule has 1 aromatic carbocycles. The van der Waals surface area contributed by atoms with Gasteiger partial charge in [0.25, 0.3) is 0 Å². The van der Waals surface area contributed by atoms with Crippen LogP contribution in [-0.2, 0) is 0 Å². The summed E-state index contributed by atoms with van der Waals surface area (Å²) in [6, 6.07) is 2.43. The first kappa shape index (κ1) is 14.2. The van der Waals surface area contributed by atoms with E-state index in [4.69, 9.17) is 18.0 Å². The van der Waals surface area contributed by atoms with Gasteiger partial charge in [0.1, 0.15) is 22.3 Å². The van der Waals surface area contributed by atoms with E-state index in [-0.39, 0.29) is 16.2 Å². The topological polar surface area (TPSA) is 29.3 Å². The van der Waals surface area contributed by atoms with Crippen LogP contribution in [0, 0.1) is 23.5 Å². The van der Waals surface area contributed by atoms with Gasteiger partial charge in [0, 0.05) is 18.7 Å². The molecular formula is C14H18F2N2S. The number of thiocarbonyl (C=S) groups is 1. The summed E-state index contributed by atoms with van der Waals surface area (Å²) in [7, 11) is 0. The van der Waals surface area contributed by atoms with Gasteiger partial charge in [0.15, 0.2) is 0 Å². The molecule has 0 aromatic heterocycles. The van der Waals surface area contributed by atoms with Gasteiger partial charge in [0.05, 0.1) is 0 Å². The highest BCUT2D eigenvalue weighted by Gasteiger charge is 2.26. The molecule has 2 nitrogen and oxygen atoms in total. The molecule has 0 spiro atoms. The molecule has 1 aromatic rings. The van der Waals surface area contributed by atoms with Crippen LogP contribution in [0.15, 0.2) is 12.1 Å². The average Bonchev–Trinajstić information content (AvgIpc) is 2.26. The van der Waals surface area contributed by atoms with Crippen molar-refractivity contribution >= 4 is 22.9 Å². The minimum Gasteiger partial charge on any atom is -0.389 e. The minimum atomic E-state index is -0.593. The number of piperidine rings is 1. The molecule has 0 amide bonds. The second-order valence-electron chi connectivity index (χ2n) is 5.50. The van der Waals surface area contributed by atoms with Crippen molar-refractivity contribution in [2.45, 2.75) is 20.3 Å². The maximum atomic E-state index is 14.1. The number of benzene rings is 1. The summed E-state index contributed by atoms with van der Waals surface area (Å²) >= 11 is 4.75. The summed E-state index contributed by atoms with van der Waals surface area (Å²) in [6.07, 6.45) is 1.09. The molecule has 1 heterocycles. The summed E-state index contributed by atoms with van der Waals surface area (Å²) in [5.74, 6) is -0.330. The zero-order valence-electron chi connectivity index (χ0n) is 11.1. The zero-order chi connectivity index (χ0) is 14.2. The van der Waals surface area contributed by atoms with Crippen LogP contribution in [-0.4, -0.2) is 18.1 Å². The lowest BCUT2D eigenvalue weighted by atomic mass is 9.91. The highest BCUT2D eigenvalue weighted by Crippen LogP contribution is 2.31. The van der Waals surface area contributed by atoms with Crippen LogP contribution in [0.2, 0.25) is 0 Å². The fourth-order valence-electron chi connectivity index (χ4n) is 2.86. The fraction of sp³-hybridized carbons (Fsp3) is 0.500. The molecule has 2 rings (SSSR count). The van der Waals surface area contributed by atoms with Crippen molar-refractivity contribution in [2.24, 2.45) is 17.6 Å². The Morgan fingerprint density at radius 2 is 1.68 bits per heavy atom. The minimum absolute atomic E-state index is 0.00438. The molecule has 104 valence electrons. The Bertz CT molecular complexity index is 471. The van der Waals surface area contributed by atoms with Crippen LogP contribution < -0.4 is 10.6 Å². The van der Waals surface area contributed by atoms with Gasteiger partial charge < -0.3 is 10.6 Å². The molecule has 0 saturated carbocycles. The Labute approximate surface area is 117 Å². The molecule has 5 heteroatoms. The van der Waals surface area contributed by atoms with Gasteiger partial charge >= 0.3 is 0 Å². The molecular weight excluding hydrogens is 266 g/mol. The van der Waals surface area contributed by atoms with Crippen molar-refractivity contribution in [2.75, 3.05) is 18.0 Å². The number of rotatable bonds is 2. The SMILES string of the molecule is CC1CC(C)CN(c2c(F)cc(C(N)=S)cc2F)C1. The highest BCUT2D eigenvalue weighted by molar-refractivity contribution is 7.80. The van der Waals surface area contributed by atoms with E-state index in [0.717, 1.165) is 6.42 Å². The lowest BCUT2D eigenvalue weighted by Gasteiger charge is -2.36. The molecule has 1 aliphatic heterocycles. The first-order chi connectivity index (χ1) is 8.88. The molecule has 2 unspecified atom stereocenters. The molecule has 1 aliphatic rings. The van der Waals surface area contributed by atoms with Crippen molar-refractivity contribution in [1.29, 1.82) is 0 Å². The number of nitrogens with two attached hydrogens (primary N) is 1. The molecule has 19 heavy (non-hydrogen) atoms. The Morgan fingerprint density at radius 1 is 1.21 bits per heavy atom. The van der Waals surface area contributed by atoms with Crippen molar-refractivity contribution in [3.63, 3.8) is 0 Å². The van der Waals surface area contributed by atoms with Crippen LogP contribution >= 0.6 is 12.2 Å². The van der Waals surface area contributed by atoms with Crippen molar-refractivity contribution in [3.05, 3.63) is 29.3 Å². The monoisotopic (exact) mass is 284 g/mol. The predicted molar refractivity (Wildman–Crippen MR) is 77.4 cm³/mol. The zero-order valence-corrected chi connectivity index (χ0v) is 11.9. The van der Waals surface area contributed by atoms with Gasteiger partial charge in [-0.25, -0.2) is 8.78 Å². The Morgan fingerprint density at radius 3 is 2.11 bits per heavy atom. The van der Waals surface area contributed by atoms with Gasteiger partial charge in [-0.1, -0.05) is 26.1 Å². The number of anilines is 1. The maximum absolute atomic E-state index is 14.1. The fourth-order valence-corrected chi connectivity index (χ4v) is 2.97. The molecule has 0 bridgehead atoms. The van der Waals surface area contributed by atoms with E-state index in [1.54, 1.807) is 4.90 Å². The Kier molecular flexibility index (Phi) is 4.04. The maximum Gasteiger partial charge on any atom is 0.150 e. The van der Waals surface area contributed by atoms with E-state index in [9.17, 15) is 8.78 Å². The third-order valence-corrected chi connectivity index (χ3v) is 3.72. The first-order valence-electron chi connectivity index (χ1n) is 6.42. The first-order valence-corrected chi connectivity index (χ1v) is 6.83. The van der Waals surface area contributed by atoms with Gasteiger partial charge in [0.2, 0.25) is 0 Å². The van der Waals surface area contributed by atoms with Gasteiger partial charge in [-0.3, -0.25) is 0 Å². The van der Waals surface area contributed by atoms with Crippen LogP contribution in [0.3, 0.4) is 0 Å². The predicted octanol–water partition coefficient (Wildman–Crippen LogP) is 3.08. The van der Waals surface area contributed by atoms with E-state index < -0.39 is 11.6 Å². The van der Waals surface area contributed by atoms with Crippen LogP contribution in [0.25, 0.3) is 0 Å². The van der Waals surface area contributed by atoms with Crippen LogP contribution in [0.5, 0.6) is 0 Å². The second kappa shape index (κ2) is 5.41. The molecule has 2 atom stereocenters. The smallest absolute Gasteiger partial charge is 0.150 e. The van der Waals surface area contributed by atoms with E-state index in [2.05, 4.69) is 13.8 Å². The molecule has 2 N–H and O–H groups in total. The van der Waals surface area contributed by atoms with Gasteiger partial charge in [-0.05, 0) is 30.4 Å². The molecule has 0 radical (unpaired) electrons. The lowest BCUT2D eigenvalue weighted by molar-refractivity contribution is 0.352. The van der Waals surface area contributed by atoms with Crippen LogP contribution in [0.4, 0.5) is 14.5 Å². The van der Waals surface area contributed by atoms with Crippen molar-refractivity contribution in [3.8, 4) is 0 Å². The average molecular weight is 284 g/mol. The summed E-state index contributed by atoms with van der Waals surface area (Å²) in [5.41, 5.74) is 5.68. The number of hydrogen-bond acceptors (Lipinski definition) is 2. The lowest BCUT2D eigenvalue weighted by Crippen LogP contribution is -2.39. The molecule has 1 saturated heterocycles. The van der Waals surface area contributed by atoms with Crippen LogP contribution in [0.1, 0.15) is 25.8 Å². The van der Waals surface area contributed by atoms with Crippen molar-refractivity contribution < 1.29 is 8.78 Å². The quantitative estimate of drug-likeness (QED) is 0.846. The van der Waals surface area contributed by atoms with E-state index in [1.165, 1.54) is 12.1 Å². The van der Waals surface area contributed by atoms with E-state index >= 15 is 0 Å². The second-order valence-corrected chi connectivity index (χ2v) is 5.94. The Hall–Kier alpha value is -1.23. The van der Waals surface area contributed by atoms with Crippen molar-refractivity contribution in [1.82, 2.24) is 0 Å². The third-order valence-electron chi connectivity index (χ3n) is 3.49. The normalized spacial score (nSPS) is 23.5. The number of hydrogen-bond donors (Lipinski definition) is 1. The third kappa shape index (κ3) is 3.03. The highest BCUT2D eigenvalue weighted by atomic mass is 32.1. The van der Waals surface area contributed by atoms with Gasteiger partial charge in [-0.2, -0.15) is 0 Å². The summed E-state index contributed by atoms with van der Waals surface area (Å²) in [5, 5.41) is 0. The number of nitrogens with zero attached hydrogens (tertiary/aromatic N) is 1. The number of halogens is 2. The standard InChI is InChI=1S/C14H18F2N2S/c1-8-3-9(2)7-18(6-8)13-11(15)4-10(14(17)19)5-12(13)16/h4-5,8-9H,3,6-7H2,1-2H3,(H2,17,19). The van der Waals surface area contributed by atoms with Gasteiger partial charge in [-0.15, -0.1) is 0 Å². The molecule has 0 aliphatic carbocycles. The summed E-state index contributed by atoms with van der Waals surface area (Å²) in [6.45, 7) is 5.54.